The molecule has 0 spiro atoms. The van der Waals surface area contributed by atoms with E-state index in [9.17, 15) is 14.4 Å². The molecule has 29 heavy (non-hydrogen) atoms. The Morgan fingerprint density at radius 2 is 1.79 bits per heavy atom. The molecule has 1 aromatic heterocycles. The van der Waals surface area contributed by atoms with E-state index in [2.05, 4.69) is 20.7 Å². The average Bonchev–Trinajstić information content (AvgIpc) is 3.12. The molecule has 2 heterocycles. The fourth-order valence-electron chi connectivity index (χ4n) is 3.11. The van der Waals surface area contributed by atoms with Crippen LogP contribution in [0, 0.1) is 6.92 Å². The molecule has 1 aliphatic rings. The lowest BCUT2D eigenvalue weighted by Crippen LogP contribution is -2.36. The van der Waals surface area contributed by atoms with Crippen molar-refractivity contribution >= 4 is 29.2 Å². The minimum absolute atomic E-state index is 0.0406. The van der Waals surface area contributed by atoms with Crippen LogP contribution in [0.5, 0.6) is 0 Å². The van der Waals surface area contributed by atoms with Gasteiger partial charge in [-0.05, 0) is 38.1 Å². The number of Topliss-reactive ketones (excluding diaryl/α,β-unsaturated/α-hetero) is 1. The van der Waals surface area contributed by atoms with E-state index in [0.717, 1.165) is 11.1 Å². The van der Waals surface area contributed by atoms with Crippen molar-refractivity contribution in [1.82, 2.24) is 14.8 Å². The average molecular weight is 389 g/mol. The number of carbonyl (C=O) groups is 3. The molecule has 146 valence electrons. The third-order valence-electron chi connectivity index (χ3n) is 4.73. The molecule has 0 fully saturated rings. The van der Waals surface area contributed by atoms with E-state index in [4.69, 9.17) is 0 Å². The zero-order chi connectivity index (χ0) is 20.5. The van der Waals surface area contributed by atoms with Crippen molar-refractivity contribution < 1.29 is 14.4 Å². The maximum atomic E-state index is 12.8. The Kier molecular flexibility index (Phi) is 4.67. The van der Waals surface area contributed by atoms with Crippen LogP contribution >= 0.6 is 0 Å². The lowest BCUT2D eigenvalue weighted by atomic mass is 10.1. The van der Waals surface area contributed by atoms with E-state index < -0.39 is 6.04 Å². The Balaban J connectivity index is 1.60. The van der Waals surface area contributed by atoms with Crippen LogP contribution in [-0.4, -0.2) is 32.4 Å². The van der Waals surface area contributed by atoms with Gasteiger partial charge < -0.3 is 5.32 Å². The number of anilines is 2. The van der Waals surface area contributed by atoms with E-state index in [1.807, 2.05) is 31.2 Å². The van der Waals surface area contributed by atoms with E-state index in [1.54, 1.807) is 24.3 Å². The fraction of sp³-hybridized carbons (Fsp3) is 0.190. The van der Waals surface area contributed by atoms with E-state index in [0.29, 0.717) is 17.1 Å². The fourth-order valence-corrected chi connectivity index (χ4v) is 3.11. The molecule has 2 N–H and O–H groups in total. The maximum absolute atomic E-state index is 12.8. The number of carbonyl (C=O) groups excluding carboxylic acids is 3. The standard InChI is InChI=1S/C21H19N5O3/c1-12-3-5-15(6-4-12)19-24-21-23-18(28)11-17(26(21)25-19)20(29)22-16-9-7-14(8-10-16)13(2)27/h3-10,17H,11H2,1-2H3,(H,22,29)(H,23,24,25,28). The molecule has 1 aliphatic heterocycles. The van der Waals surface area contributed by atoms with Gasteiger partial charge in [0.25, 0.3) is 0 Å². The Morgan fingerprint density at radius 3 is 2.45 bits per heavy atom. The van der Waals surface area contributed by atoms with Gasteiger partial charge in [0.1, 0.15) is 6.04 Å². The number of benzene rings is 2. The summed E-state index contributed by atoms with van der Waals surface area (Å²) in [5.74, 6) is -0.0538. The summed E-state index contributed by atoms with van der Waals surface area (Å²) in [5.41, 5.74) is 3.00. The molecule has 0 saturated heterocycles. The summed E-state index contributed by atoms with van der Waals surface area (Å²) in [5, 5.41) is 9.89. The minimum atomic E-state index is -0.821. The predicted octanol–water partition coefficient (Wildman–Crippen LogP) is 2.98. The zero-order valence-electron chi connectivity index (χ0n) is 16.0. The molecule has 0 bridgehead atoms. The summed E-state index contributed by atoms with van der Waals surface area (Å²) < 4.78 is 1.44. The molecular formula is C21H19N5O3. The quantitative estimate of drug-likeness (QED) is 0.667. The molecular weight excluding hydrogens is 370 g/mol. The van der Waals surface area contributed by atoms with Crippen molar-refractivity contribution in [3.63, 3.8) is 0 Å². The molecule has 1 unspecified atom stereocenters. The normalized spacial score (nSPS) is 15.4. The van der Waals surface area contributed by atoms with Crippen molar-refractivity contribution in [2.24, 2.45) is 0 Å². The second kappa shape index (κ2) is 7.31. The van der Waals surface area contributed by atoms with Crippen molar-refractivity contribution in [2.45, 2.75) is 26.3 Å². The highest BCUT2D eigenvalue weighted by Crippen LogP contribution is 2.27. The highest BCUT2D eigenvalue weighted by Gasteiger charge is 2.33. The topological polar surface area (TPSA) is 106 Å². The number of aromatic nitrogens is 3. The molecule has 3 aromatic rings. The van der Waals surface area contributed by atoms with Crippen LogP contribution in [0.15, 0.2) is 48.5 Å². The highest BCUT2D eigenvalue weighted by atomic mass is 16.2. The first-order chi connectivity index (χ1) is 13.9. The molecule has 8 heteroatoms. The van der Waals surface area contributed by atoms with Gasteiger partial charge in [-0.2, -0.15) is 4.98 Å². The number of rotatable bonds is 4. The third kappa shape index (κ3) is 3.77. The van der Waals surface area contributed by atoms with Crippen LogP contribution in [0.2, 0.25) is 0 Å². The molecule has 0 radical (unpaired) electrons. The van der Waals surface area contributed by atoms with Crippen molar-refractivity contribution in [2.75, 3.05) is 10.6 Å². The summed E-state index contributed by atoms with van der Waals surface area (Å²) in [6, 6.07) is 13.4. The first kappa shape index (κ1) is 18.5. The lowest BCUT2D eigenvalue weighted by molar-refractivity contribution is -0.125. The number of fused-ring (bicyclic) bond motifs is 1. The minimum Gasteiger partial charge on any atom is -0.324 e. The van der Waals surface area contributed by atoms with Gasteiger partial charge in [-0.15, -0.1) is 5.10 Å². The van der Waals surface area contributed by atoms with Gasteiger partial charge in [-0.3, -0.25) is 19.7 Å². The second-order valence-corrected chi connectivity index (χ2v) is 6.96. The van der Waals surface area contributed by atoms with E-state index in [1.165, 1.54) is 11.6 Å². The molecule has 0 aliphatic carbocycles. The van der Waals surface area contributed by atoms with Gasteiger partial charge in [-0.25, -0.2) is 4.68 Å². The monoisotopic (exact) mass is 389 g/mol. The van der Waals surface area contributed by atoms with Crippen molar-refractivity contribution in [3.8, 4) is 11.4 Å². The van der Waals surface area contributed by atoms with Crippen LogP contribution in [0.1, 0.15) is 35.3 Å². The second-order valence-electron chi connectivity index (χ2n) is 6.96. The highest BCUT2D eigenvalue weighted by molar-refractivity contribution is 6.01. The Bertz CT molecular complexity index is 1100. The SMILES string of the molecule is CC(=O)c1ccc(NC(=O)C2CC(=O)Nc3nc(-c4ccc(C)cc4)nn32)cc1. The summed E-state index contributed by atoms with van der Waals surface area (Å²) in [4.78, 5) is 40.7. The van der Waals surface area contributed by atoms with Gasteiger partial charge in [0, 0.05) is 16.8 Å². The third-order valence-corrected chi connectivity index (χ3v) is 4.73. The molecule has 4 rings (SSSR count). The largest absolute Gasteiger partial charge is 0.324 e. The van der Waals surface area contributed by atoms with Gasteiger partial charge in [-0.1, -0.05) is 29.8 Å². The first-order valence-electron chi connectivity index (χ1n) is 9.16. The number of ketones is 1. The first-order valence-corrected chi connectivity index (χ1v) is 9.16. The van der Waals surface area contributed by atoms with Crippen LogP contribution in [0.3, 0.4) is 0 Å². The van der Waals surface area contributed by atoms with Crippen LogP contribution < -0.4 is 10.6 Å². The molecule has 8 nitrogen and oxygen atoms in total. The molecule has 2 amide bonds. The Morgan fingerprint density at radius 1 is 1.10 bits per heavy atom. The van der Waals surface area contributed by atoms with Crippen molar-refractivity contribution in [1.29, 1.82) is 0 Å². The van der Waals surface area contributed by atoms with Gasteiger partial charge in [0.05, 0.1) is 6.42 Å². The van der Waals surface area contributed by atoms with E-state index >= 15 is 0 Å². The summed E-state index contributed by atoms with van der Waals surface area (Å²) in [6.45, 7) is 3.46. The lowest BCUT2D eigenvalue weighted by Gasteiger charge is -2.22. The summed E-state index contributed by atoms with van der Waals surface area (Å²) in [6.07, 6.45) is -0.0406. The number of hydrogen-bond acceptors (Lipinski definition) is 5. The predicted molar refractivity (Wildman–Crippen MR) is 108 cm³/mol. The zero-order valence-corrected chi connectivity index (χ0v) is 16.0. The Hall–Kier alpha value is -3.81. The summed E-state index contributed by atoms with van der Waals surface area (Å²) >= 11 is 0. The van der Waals surface area contributed by atoms with Crippen LogP contribution in [0.4, 0.5) is 11.6 Å². The maximum Gasteiger partial charge on any atom is 0.249 e. The van der Waals surface area contributed by atoms with Gasteiger partial charge in [0.2, 0.25) is 17.8 Å². The number of aryl methyl sites for hydroxylation is 1. The number of hydrogen-bond donors (Lipinski definition) is 2. The summed E-state index contributed by atoms with van der Waals surface area (Å²) in [7, 11) is 0. The van der Waals surface area contributed by atoms with Crippen molar-refractivity contribution in [3.05, 3.63) is 59.7 Å². The van der Waals surface area contributed by atoms with Gasteiger partial charge in [0.15, 0.2) is 11.6 Å². The van der Waals surface area contributed by atoms with Gasteiger partial charge >= 0.3 is 0 Å². The molecule has 0 saturated carbocycles. The number of nitrogens with one attached hydrogen (secondary N) is 2. The van der Waals surface area contributed by atoms with Crippen LogP contribution in [0.25, 0.3) is 11.4 Å². The van der Waals surface area contributed by atoms with Crippen LogP contribution in [-0.2, 0) is 9.59 Å². The van der Waals surface area contributed by atoms with E-state index in [-0.39, 0.29) is 30.0 Å². The molecule has 2 aromatic carbocycles. The smallest absolute Gasteiger partial charge is 0.249 e. The number of amides is 2. The molecule has 1 atom stereocenters. The Labute approximate surface area is 167 Å². The number of nitrogens with zero attached hydrogens (tertiary/aromatic N) is 3.